The Morgan fingerprint density at radius 3 is 2.64 bits per heavy atom. The molecule has 0 aliphatic rings. The molecule has 1 atom stereocenters. The highest BCUT2D eigenvalue weighted by Crippen LogP contribution is 2.23. The molecule has 1 unspecified atom stereocenters. The number of hydrogen-bond acceptors (Lipinski definition) is 2. The molecule has 0 spiro atoms. The first-order valence-corrected chi connectivity index (χ1v) is 6.73. The number of carbonyl (C=O) groups is 1. The number of terminal acetylenes is 1. The van der Waals surface area contributed by atoms with E-state index in [1.807, 2.05) is 5.92 Å². The van der Waals surface area contributed by atoms with Gasteiger partial charge in [-0.2, -0.15) is 13.2 Å². The summed E-state index contributed by atoms with van der Waals surface area (Å²) in [6.45, 7) is 1.26. The molecule has 22 heavy (non-hydrogen) atoms. The van der Waals surface area contributed by atoms with Gasteiger partial charge in [0, 0.05) is 5.02 Å². The summed E-state index contributed by atoms with van der Waals surface area (Å²) < 4.78 is 42.7. The molecule has 0 fully saturated rings. The van der Waals surface area contributed by atoms with Crippen molar-refractivity contribution in [1.82, 2.24) is 4.90 Å². The first kappa shape index (κ1) is 18.2. The van der Waals surface area contributed by atoms with Crippen LogP contribution in [-0.2, 0) is 4.79 Å². The molecule has 7 heteroatoms. The number of benzene rings is 1. The number of halogens is 4. The largest absolute Gasteiger partial charge is 0.481 e. The Balaban J connectivity index is 2.80. The summed E-state index contributed by atoms with van der Waals surface area (Å²) in [4.78, 5) is 12.6. The van der Waals surface area contributed by atoms with Crippen LogP contribution >= 0.6 is 11.6 Å². The topological polar surface area (TPSA) is 29.5 Å². The van der Waals surface area contributed by atoms with Crippen LogP contribution in [0.15, 0.2) is 18.2 Å². The number of hydrogen-bond donors (Lipinski definition) is 0. The summed E-state index contributed by atoms with van der Waals surface area (Å²) in [6.07, 6.45) is -0.617. The van der Waals surface area contributed by atoms with Crippen LogP contribution in [0.1, 0.15) is 12.5 Å². The third-order valence-corrected chi connectivity index (χ3v) is 3.18. The SMILES string of the molecule is C#CCN(CC(F)(F)F)C(=O)C(C)Oc1ccc(Cl)c(C)c1. The van der Waals surface area contributed by atoms with Gasteiger partial charge in [-0.25, -0.2) is 0 Å². The van der Waals surface area contributed by atoms with E-state index in [4.69, 9.17) is 22.8 Å². The lowest BCUT2D eigenvalue weighted by Gasteiger charge is -2.25. The van der Waals surface area contributed by atoms with Gasteiger partial charge >= 0.3 is 6.18 Å². The average molecular weight is 334 g/mol. The van der Waals surface area contributed by atoms with Crippen molar-refractivity contribution in [2.24, 2.45) is 0 Å². The molecule has 1 aromatic rings. The van der Waals surface area contributed by atoms with Gasteiger partial charge in [0.2, 0.25) is 0 Å². The monoisotopic (exact) mass is 333 g/mol. The number of aryl methyl sites for hydroxylation is 1. The van der Waals surface area contributed by atoms with Crippen molar-refractivity contribution in [3.63, 3.8) is 0 Å². The van der Waals surface area contributed by atoms with Gasteiger partial charge in [0.05, 0.1) is 6.54 Å². The fraction of sp³-hybridized carbons (Fsp3) is 0.400. The van der Waals surface area contributed by atoms with E-state index < -0.39 is 31.3 Å². The van der Waals surface area contributed by atoms with Crippen molar-refractivity contribution in [3.05, 3.63) is 28.8 Å². The Morgan fingerprint density at radius 1 is 1.50 bits per heavy atom. The maximum absolute atomic E-state index is 12.5. The van der Waals surface area contributed by atoms with E-state index in [9.17, 15) is 18.0 Å². The van der Waals surface area contributed by atoms with Gasteiger partial charge in [-0.05, 0) is 37.6 Å². The molecule has 0 aliphatic carbocycles. The fourth-order valence-electron chi connectivity index (χ4n) is 1.74. The number of alkyl halides is 3. The highest BCUT2D eigenvalue weighted by molar-refractivity contribution is 6.31. The van der Waals surface area contributed by atoms with Crippen molar-refractivity contribution in [2.45, 2.75) is 26.1 Å². The highest BCUT2D eigenvalue weighted by Gasteiger charge is 2.34. The van der Waals surface area contributed by atoms with E-state index in [-0.39, 0.29) is 0 Å². The number of carbonyl (C=O) groups excluding carboxylic acids is 1. The summed E-state index contributed by atoms with van der Waals surface area (Å²) in [5.41, 5.74) is 0.731. The molecule has 0 radical (unpaired) electrons. The highest BCUT2D eigenvalue weighted by atomic mass is 35.5. The smallest absolute Gasteiger partial charge is 0.406 e. The molecule has 0 saturated heterocycles. The Kier molecular flexibility index (Phi) is 6.12. The minimum Gasteiger partial charge on any atom is -0.481 e. The quantitative estimate of drug-likeness (QED) is 0.773. The molecule has 120 valence electrons. The van der Waals surface area contributed by atoms with Crippen LogP contribution in [0.2, 0.25) is 5.02 Å². The van der Waals surface area contributed by atoms with E-state index in [1.54, 1.807) is 19.1 Å². The van der Waals surface area contributed by atoms with Gasteiger partial charge in [-0.1, -0.05) is 17.5 Å². The Hall–Kier alpha value is -1.87. The van der Waals surface area contributed by atoms with Crippen LogP contribution in [-0.4, -0.2) is 36.2 Å². The maximum Gasteiger partial charge on any atom is 0.406 e. The lowest BCUT2D eigenvalue weighted by Crippen LogP contribution is -2.45. The number of nitrogens with zero attached hydrogens (tertiary/aromatic N) is 1. The molecule has 0 N–H and O–H groups in total. The van der Waals surface area contributed by atoms with Gasteiger partial charge < -0.3 is 9.64 Å². The molecule has 0 saturated carbocycles. The zero-order chi connectivity index (χ0) is 16.9. The number of ether oxygens (including phenoxy) is 1. The number of rotatable bonds is 5. The summed E-state index contributed by atoms with van der Waals surface area (Å²) in [7, 11) is 0. The zero-order valence-electron chi connectivity index (χ0n) is 12.1. The van der Waals surface area contributed by atoms with Crippen molar-refractivity contribution < 1.29 is 22.7 Å². The second-order valence-electron chi connectivity index (χ2n) is 4.68. The van der Waals surface area contributed by atoms with Crippen molar-refractivity contribution in [2.75, 3.05) is 13.1 Å². The Labute approximate surface area is 132 Å². The third-order valence-electron chi connectivity index (χ3n) is 2.75. The van der Waals surface area contributed by atoms with Gasteiger partial charge in [-0.3, -0.25) is 4.79 Å². The molecular weight excluding hydrogens is 319 g/mol. The second kappa shape index (κ2) is 7.41. The molecule has 3 nitrogen and oxygen atoms in total. The van der Waals surface area contributed by atoms with E-state index in [1.165, 1.54) is 13.0 Å². The van der Waals surface area contributed by atoms with Gasteiger partial charge in [0.1, 0.15) is 12.3 Å². The Morgan fingerprint density at radius 2 is 2.14 bits per heavy atom. The van der Waals surface area contributed by atoms with Crippen LogP contribution in [0.4, 0.5) is 13.2 Å². The van der Waals surface area contributed by atoms with E-state index in [2.05, 4.69) is 0 Å². The summed E-state index contributed by atoms with van der Waals surface area (Å²) >= 11 is 5.87. The molecule has 0 bridgehead atoms. The first-order chi connectivity index (χ1) is 10.1. The summed E-state index contributed by atoms with van der Waals surface area (Å²) in [5, 5.41) is 0.525. The third kappa shape index (κ3) is 5.49. The lowest BCUT2D eigenvalue weighted by molar-refractivity contribution is -0.163. The van der Waals surface area contributed by atoms with Crippen LogP contribution in [0.3, 0.4) is 0 Å². The fourth-order valence-corrected chi connectivity index (χ4v) is 1.86. The summed E-state index contributed by atoms with van der Waals surface area (Å²) in [6, 6.07) is 4.72. The van der Waals surface area contributed by atoms with Gasteiger partial charge in [0.15, 0.2) is 6.10 Å². The van der Waals surface area contributed by atoms with E-state index in [0.717, 1.165) is 5.56 Å². The predicted octanol–water partition coefficient (Wildman–Crippen LogP) is 3.44. The van der Waals surface area contributed by atoms with Gasteiger partial charge in [0.25, 0.3) is 5.91 Å². The van der Waals surface area contributed by atoms with Crippen molar-refractivity contribution in [1.29, 1.82) is 0 Å². The number of amides is 1. The standard InChI is InChI=1S/C15H15ClF3NO2/c1-4-7-20(9-15(17,18)19)14(21)11(3)22-12-5-6-13(16)10(2)8-12/h1,5-6,8,11H,7,9H2,2-3H3. The average Bonchev–Trinajstić information content (AvgIpc) is 2.40. The molecule has 0 aliphatic heterocycles. The maximum atomic E-state index is 12.5. The molecule has 0 aromatic heterocycles. The minimum atomic E-state index is -4.52. The molecular formula is C15H15ClF3NO2. The van der Waals surface area contributed by atoms with Crippen LogP contribution in [0.5, 0.6) is 5.75 Å². The van der Waals surface area contributed by atoms with Crippen molar-refractivity contribution in [3.8, 4) is 18.1 Å². The van der Waals surface area contributed by atoms with Crippen LogP contribution in [0.25, 0.3) is 0 Å². The van der Waals surface area contributed by atoms with Gasteiger partial charge in [-0.15, -0.1) is 6.42 Å². The first-order valence-electron chi connectivity index (χ1n) is 6.36. The minimum absolute atomic E-state index is 0.343. The van der Waals surface area contributed by atoms with E-state index in [0.29, 0.717) is 15.7 Å². The van der Waals surface area contributed by atoms with E-state index >= 15 is 0 Å². The summed E-state index contributed by atoms with van der Waals surface area (Å²) in [5.74, 6) is 1.55. The van der Waals surface area contributed by atoms with Crippen molar-refractivity contribution >= 4 is 17.5 Å². The second-order valence-corrected chi connectivity index (χ2v) is 5.09. The lowest BCUT2D eigenvalue weighted by atomic mass is 10.2. The normalized spacial score (nSPS) is 12.4. The zero-order valence-corrected chi connectivity index (χ0v) is 12.8. The molecule has 0 heterocycles. The van der Waals surface area contributed by atoms with Crippen LogP contribution in [0, 0.1) is 19.3 Å². The molecule has 1 aromatic carbocycles. The van der Waals surface area contributed by atoms with Crippen LogP contribution < -0.4 is 4.74 Å². The molecule has 1 rings (SSSR count). The molecule has 1 amide bonds. The Bertz CT molecular complexity index is 581. The predicted molar refractivity (Wildman–Crippen MR) is 77.7 cm³/mol.